The summed E-state index contributed by atoms with van der Waals surface area (Å²) in [6.07, 6.45) is 3.48. The number of hydrogen-bond acceptors (Lipinski definition) is 2. The van der Waals surface area contributed by atoms with Gasteiger partial charge in [-0.25, -0.2) is 0 Å². The maximum Gasteiger partial charge on any atom is 0.0655 e. The molecule has 0 aromatic rings. The minimum atomic E-state index is -0.0835. The molecule has 0 radical (unpaired) electrons. The quantitative estimate of drug-likeness (QED) is 0.606. The second kappa shape index (κ2) is 4.47. The van der Waals surface area contributed by atoms with Gasteiger partial charge in [0.1, 0.15) is 0 Å². The average Bonchev–Trinajstić information content (AvgIpc) is 1.78. The van der Waals surface area contributed by atoms with E-state index in [1.807, 2.05) is 26.8 Å². The van der Waals surface area contributed by atoms with E-state index in [0.717, 1.165) is 0 Å². The fourth-order valence-corrected chi connectivity index (χ4v) is 0.441. The van der Waals surface area contributed by atoms with Crippen molar-refractivity contribution in [1.29, 1.82) is 0 Å². The normalized spacial score (nSPS) is 12.8. The molecule has 0 aromatic carbocycles. The smallest absolute Gasteiger partial charge is 0.0655 e. The molecular weight excluding hydrogens is 128 g/mol. The molecule has 0 fully saturated rings. The van der Waals surface area contributed by atoms with Crippen LogP contribution >= 0.6 is 0 Å². The van der Waals surface area contributed by atoms with E-state index >= 15 is 0 Å². The SMILES string of the molecule is CC(C)(C)OCC=CCO. The Hall–Kier alpha value is -0.340. The van der Waals surface area contributed by atoms with Crippen LogP contribution in [0.4, 0.5) is 0 Å². The van der Waals surface area contributed by atoms with E-state index in [1.54, 1.807) is 6.08 Å². The Morgan fingerprint density at radius 2 is 1.90 bits per heavy atom. The van der Waals surface area contributed by atoms with Crippen molar-refractivity contribution >= 4 is 0 Å². The molecule has 0 heterocycles. The van der Waals surface area contributed by atoms with E-state index in [-0.39, 0.29) is 12.2 Å². The Morgan fingerprint density at radius 3 is 2.30 bits per heavy atom. The van der Waals surface area contributed by atoms with Crippen molar-refractivity contribution in [3.63, 3.8) is 0 Å². The summed E-state index contributed by atoms with van der Waals surface area (Å²) in [5, 5.41) is 8.35. The summed E-state index contributed by atoms with van der Waals surface area (Å²) in [5.74, 6) is 0. The fourth-order valence-electron chi connectivity index (χ4n) is 0.441. The Labute approximate surface area is 62.5 Å². The molecule has 10 heavy (non-hydrogen) atoms. The number of aliphatic hydroxyl groups excluding tert-OH is 1. The van der Waals surface area contributed by atoms with Crippen molar-refractivity contribution in [2.75, 3.05) is 13.2 Å². The topological polar surface area (TPSA) is 29.5 Å². The second-order valence-corrected chi connectivity index (χ2v) is 3.08. The molecule has 0 aliphatic heterocycles. The molecule has 0 atom stereocenters. The van der Waals surface area contributed by atoms with Crippen LogP contribution in [0, 0.1) is 0 Å². The van der Waals surface area contributed by atoms with Gasteiger partial charge in [-0.3, -0.25) is 0 Å². The van der Waals surface area contributed by atoms with E-state index in [1.165, 1.54) is 0 Å². The van der Waals surface area contributed by atoms with Gasteiger partial charge in [0.25, 0.3) is 0 Å². The number of aliphatic hydroxyl groups is 1. The lowest BCUT2D eigenvalue weighted by Gasteiger charge is -2.17. The maximum absolute atomic E-state index is 8.35. The summed E-state index contributed by atoms with van der Waals surface area (Å²) < 4.78 is 5.33. The average molecular weight is 144 g/mol. The first-order valence-corrected chi connectivity index (χ1v) is 3.46. The van der Waals surface area contributed by atoms with Crippen LogP contribution in [0.5, 0.6) is 0 Å². The number of rotatable bonds is 3. The molecule has 0 rings (SSSR count). The molecule has 2 nitrogen and oxygen atoms in total. The van der Waals surface area contributed by atoms with E-state index < -0.39 is 0 Å². The Bertz CT molecular complexity index is 100. The third-order valence-electron chi connectivity index (χ3n) is 0.885. The highest BCUT2D eigenvalue weighted by atomic mass is 16.5. The summed E-state index contributed by atoms with van der Waals surface area (Å²) in [7, 11) is 0. The Kier molecular flexibility index (Phi) is 4.32. The molecule has 2 heteroatoms. The minimum Gasteiger partial charge on any atom is -0.392 e. The fraction of sp³-hybridized carbons (Fsp3) is 0.750. The standard InChI is InChI=1S/C8H16O2/c1-8(2,3)10-7-5-4-6-9/h4-5,9H,6-7H2,1-3H3. The first-order valence-electron chi connectivity index (χ1n) is 3.46. The van der Waals surface area contributed by atoms with Gasteiger partial charge in [0.2, 0.25) is 0 Å². The zero-order valence-electron chi connectivity index (χ0n) is 6.92. The van der Waals surface area contributed by atoms with Crippen LogP contribution in [0.25, 0.3) is 0 Å². The Morgan fingerprint density at radius 1 is 1.30 bits per heavy atom. The monoisotopic (exact) mass is 144 g/mol. The van der Waals surface area contributed by atoms with Gasteiger partial charge in [-0.05, 0) is 20.8 Å². The van der Waals surface area contributed by atoms with Crippen molar-refractivity contribution in [2.24, 2.45) is 0 Å². The third kappa shape index (κ3) is 7.66. The second-order valence-electron chi connectivity index (χ2n) is 3.08. The molecule has 0 bridgehead atoms. The molecule has 0 aliphatic carbocycles. The molecule has 0 amide bonds. The first-order chi connectivity index (χ1) is 4.56. The molecule has 60 valence electrons. The molecule has 0 aromatic heterocycles. The molecule has 0 saturated carbocycles. The minimum absolute atomic E-state index is 0.0835. The van der Waals surface area contributed by atoms with Gasteiger partial charge in [0.05, 0.1) is 18.8 Å². The van der Waals surface area contributed by atoms with Gasteiger partial charge in [0, 0.05) is 0 Å². The summed E-state index contributed by atoms with van der Waals surface area (Å²) >= 11 is 0. The lowest BCUT2D eigenvalue weighted by atomic mass is 10.2. The van der Waals surface area contributed by atoms with E-state index in [4.69, 9.17) is 9.84 Å². The van der Waals surface area contributed by atoms with Crippen molar-refractivity contribution in [2.45, 2.75) is 26.4 Å². The molecular formula is C8H16O2. The van der Waals surface area contributed by atoms with Crippen LogP contribution in [0.3, 0.4) is 0 Å². The lowest BCUT2D eigenvalue weighted by Crippen LogP contribution is -2.18. The van der Waals surface area contributed by atoms with Gasteiger partial charge < -0.3 is 9.84 Å². The van der Waals surface area contributed by atoms with E-state index in [0.29, 0.717) is 6.61 Å². The summed E-state index contributed by atoms with van der Waals surface area (Å²) in [6.45, 7) is 6.66. The van der Waals surface area contributed by atoms with Gasteiger partial charge in [-0.2, -0.15) is 0 Å². The van der Waals surface area contributed by atoms with Crippen LogP contribution in [0.15, 0.2) is 12.2 Å². The summed E-state index contributed by atoms with van der Waals surface area (Å²) in [5.41, 5.74) is -0.0835. The van der Waals surface area contributed by atoms with Crippen LogP contribution in [-0.4, -0.2) is 23.9 Å². The predicted octanol–water partition coefficient (Wildman–Crippen LogP) is 1.35. The molecule has 0 unspecified atom stereocenters. The highest BCUT2D eigenvalue weighted by Crippen LogP contribution is 2.05. The van der Waals surface area contributed by atoms with Crippen molar-refractivity contribution in [1.82, 2.24) is 0 Å². The summed E-state index contributed by atoms with van der Waals surface area (Å²) in [6, 6.07) is 0. The van der Waals surface area contributed by atoms with E-state index in [2.05, 4.69) is 0 Å². The van der Waals surface area contributed by atoms with Crippen LogP contribution < -0.4 is 0 Å². The molecule has 1 N–H and O–H groups in total. The molecule has 0 aliphatic rings. The van der Waals surface area contributed by atoms with Crippen LogP contribution in [-0.2, 0) is 4.74 Å². The largest absolute Gasteiger partial charge is 0.392 e. The first kappa shape index (κ1) is 9.66. The van der Waals surface area contributed by atoms with Crippen LogP contribution in [0.1, 0.15) is 20.8 Å². The van der Waals surface area contributed by atoms with Crippen molar-refractivity contribution < 1.29 is 9.84 Å². The molecule has 0 spiro atoms. The van der Waals surface area contributed by atoms with Gasteiger partial charge in [-0.1, -0.05) is 12.2 Å². The van der Waals surface area contributed by atoms with Crippen molar-refractivity contribution in [3.05, 3.63) is 12.2 Å². The zero-order chi connectivity index (χ0) is 8.04. The van der Waals surface area contributed by atoms with Crippen LogP contribution in [0.2, 0.25) is 0 Å². The van der Waals surface area contributed by atoms with Gasteiger partial charge >= 0.3 is 0 Å². The van der Waals surface area contributed by atoms with Crippen molar-refractivity contribution in [3.8, 4) is 0 Å². The number of ether oxygens (including phenoxy) is 1. The molecule has 0 saturated heterocycles. The Balaban J connectivity index is 3.28. The van der Waals surface area contributed by atoms with Gasteiger partial charge in [-0.15, -0.1) is 0 Å². The van der Waals surface area contributed by atoms with Gasteiger partial charge in [0.15, 0.2) is 0 Å². The maximum atomic E-state index is 8.35. The zero-order valence-corrected chi connectivity index (χ0v) is 6.92. The predicted molar refractivity (Wildman–Crippen MR) is 41.9 cm³/mol. The summed E-state index contributed by atoms with van der Waals surface area (Å²) in [4.78, 5) is 0. The highest BCUT2D eigenvalue weighted by Gasteiger charge is 2.07. The lowest BCUT2D eigenvalue weighted by molar-refractivity contribution is 0.0148. The highest BCUT2D eigenvalue weighted by molar-refractivity contribution is 4.81. The number of hydrogen-bond donors (Lipinski definition) is 1. The third-order valence-corrected chi connectivity index (χ3v) is 0.885. The van der Waals surface area contributed by atoms with E-state index in [9.17, 15) is 0 Å².